The second-order valence-electron chi connectivity index (χ2n) is 6.12. The van der Waals surface area contributed by atoms with Crippen molar-refractivity contribution in [1.29, 1.82) is 0 Å². The molecule has 0 aromatic heterocycles. The number of rotatable bonds is 3. The Labute approximate surface area is 110 Å². The van der Waals surface area contributed by atoms with Crippen molar-refractivity contribution in [3.8, 4) is 0 Å². The van der Waals surface area contributed by atoms with Crippen molar-refractivity contribution in [2.24, 2.45) is 0 Å². The van der Waals surface area contributed by atoms with E-state index in [0.717, 1.165) is 4.48 Å². The fraction of sp³-hybridized carbons (Fsp3) is 0.533. The first kappa shape index (κ1) is 15.1. The Morgan fingerprint density at radius 2 is 1.56 bits per heavy atom. The van der Waals surface area contributed by atoms with Crippen LogP contribution in [0.2, 0.25) is 0 Å². The van der Waals surface area contributed by atoms with Gasteiger partial charge in [-0.15, -0.1) is 0 Å². The number of hydrogen-bond donors (Lipinski definition) is 1. The maximum atomic E-state index is 13.0. The van der Waals surface area contributed by atoms with E-state index in [-0.39, 0.29) is 17.4 Å². The molecule has 1 aliphatic carbocycles. The monoisotopic (exact) mass is 252 g/mol. The molecule has 1 aliphatic rings. The minimum atomic E-state index is -0.146. The van der Waals surface area contributed by atoms with E-state index in [1.54, 1.807) is 12.1 Å². The molecule has 3 N–H and O–H groups in total. The normalized spacial score (nSPS) is 18.4. The predicted octanol–water partition coefficient (Wildman–Crippen LogP) is 3.67. The lowest BCUT2D eigenvalue weighted by atomic mass is 9.78. The first-order chi connectivity index (χ1) is 7.91. The van der Waals surface area contributed by atoms with Crippen molar-refractivity contribution in [3.63, 3.8) is 0 Å². The fourth-order valence-electron chi connectivity index (χ4n) is 3.02. The van der Waals surface area contributed by atoms with Crippen molar-refractivity contribution < 1.29 is 8.87 Å². The lowest BCUT2D eigenvalue weighted by molar-refractivity contribution is -0.844. The van der Waals surface area contributed by atoms with Crippen molar-refractivity contribution in [2.45, 2.75) is 31.1 Å². The summed E-state index contributed by atoms with van der Waals surface area (Å²) in [6.45, 7) is 2.41. The molecule has 2 nitrogen and oxygen atoms in total. The van der Waals surface area contributed by atoms with Crippen molar-refractivity contribution in [1.82, 2.24) is 6.15 Å². The largest absolute Gasteiger partial charge is 0.344 e. The summed E-state index contributed by atoms with van der Waals surface area (Å²) >= 11 is 0. The smallest absolute Gasteiger partial charge is 0.151 e. The van der Waals surface area contributed by atoms with E-state index in [1.807, 2.05) is 12.1 Å². The minimum absolute atomic E-state index is 0. The summed E-state index contributed by atoms with van der Waals surface area (Å²) in [6, 6.07) is 7.07. The average molecular weight is 252 g/mol. The number of nitrogens with zero attached hydrogens (tertiary/aromatic N) is 1. The second-order valence-corrected chi connectivity index (χ2v) is 6.12. The van der Waals surface area contributed by atoms with Crippen LogP contribution in [0, 0.1) is 12.4 Å². The van der Waals surface area contributed by atoms with Gasteiger partial charge >= 0.3 is 0 Å². The highest BCUT2D eigenvalue weighted by molar-refractivity contribution is 5.29. The minimum Gasteiger partial charge on any atom is -0.344 e. The lowest BCUT2D eigenvalue weighted by Gasteiger charge is -2.35. The van der Waals surface area contributed by atoms with Crippen LogP contribution in [0.3, 0.4) is 0 Å². The molecule has 0 amide bonds. The van der Waals surface area contributed by atoms with E-state index in [2.05, 4.69) is 27.7 Å². The van der Waals surface area contributed by atoms with E-state index >= 15 is 0 Å². The van der Waals surface area contributed by atoms with Gasteiger partial charge in [-0.3, -0.25) is 0 Å². The van der Waals surface area contributed by atoms with Gasteiger partial charge in [-0.05, 0) is 30.5 Å². The van der Waals surface area contributed by atoms with Gasteiger partial charge < -0.3 is 10.6 Å². The molecule has 3 heteroatoms. The molecule has 101 valence electrons. The number of likely N-dealkylation sites (N-methyl/N-ethyl adjacent to an activating group) is 1. The van der Waals surface area contributed by atoms with E-state index in [1.165, 1.54) is 31.2 Å². The standard InChI is InChI=1S/C15H22FN.H3N/c1-17(2,3)12-15(10-4-5-11-15)13-6-8-14(16)9-7-13;/h6-9,12H,4-5,10-11H2,1-3H3;1H3/q+1;. The summed E-state index contributed by atoms with van der Waals surface area (Å²) in [7, 11) is 6.55. The summed E-state index contributed by atoms with van der Waals surface area (Å²) in [5.41, 5.74) is 1.41. The van der Waals surface area contributed by atoms with Crippen molar-refractivity contribution in [3.05, 3.63) is 42.2 Å². The Morgan fingerprint density at radius 3 is 2.00 bits per heavy atom. The van der Waals surface area contributed by atoms with E-state index in [9.17, 15) is 4.39 Å². The van der Waals surface area contributed by atoms with Crippen LogP contribution in [0.5, 0.6) is 0 Å². The van der Waals surface area contributed by atoms with Crippen LogP contribution in [0.1, 0.15) is 31.2 Å². The average Bonchev–Trinajstić information content (AvgIpc) is 2.65. The summed E-state index contributed by atoms with van der Waals surface area (Å²) in [5, 5.41) is 0. The zero-order valence-electron chi connectivity index (χ0n) is 11.7. The Morgan fingerprint density at radius 1 is 1.06 bits per heavy atom. The van der Waals surface area contributed by atoms with Crippen LogP contribution >= 0.6 is 0 Å². The van der Waals surface area contributed by atoms with Gasteiger partial charge in [0.2, 0.25) is 0 Å². The maximum absolute atomic E-state index is 13.0. The van der Waals surface area contributed by atoms with Gasteiger partial charge in [0.15, 0.2) is 6.54 Å². The van der Waals surface area contributed by atoms with Crippen LogP contribution in [-0.4, -0.2) is 25.6 Å². The van der Waals surface area contributed by atoms with Crippen LogP contribution in [0.4, 0.5) is 4.39 Å². The molecule has 0 spiro atoms. The Kier molecular flexibility index (Phi) is 4.51. The Balaban J connectivity index is 0.00000162. The van der Waals surface area contributed by atoms with Crippen LogP contribution in [0.15, 0.2) is 24.3 Å². The molecule has 1 saturated carbocycles. The summed E-state index contributed by atoms with van der Waals surface area (Å²) in [5.74, 6) is -0.146. The maximum Gasteiger partial charge on any atom is 0.151 e. The molecule has 1 fully saturated rings. The molecule has 0 heterocycles. The topological polar surface area (TPSA) is 35.0 Å². The second kappa shape index (κ2) is 5.37. The third-order valence-electron chi connectivity index (χ3n) is 3.55. The molecule has 1 radical (unpaired) electrons. The molecular formula is C15H25FN2+. The summed E-state index contributed by atoms with van der Waals surface area (Å²) < 4.78 is 13.9. The zero-order valence-corrected chi connectivity index (χ0v) is 11.7. The Hall–Kier alpha value is -0.930. The molecule has 1 aromatic carbocycles. The van der Waals surface area contributed by atoms with Gasteiger partial charge in [-0.25, -0.2) is 4.39 Å². The van der Waals surface area contributed by atoms with E-state index in [0.29, 0.717) is 0 Å². The molecule has 0 atom stereocenters. The molecule has 1 aromatic rings. The molecule has 2 rings (SSSR count). The van der Waals surface area contributed by atoms with E-state index in [4.69, 9.17) is 0 Å². The summed E-state index contributed by atoms with van der Waals surface area (Å²) in [6.07, 6.45) is 4.92. The predicted molar refractivity (Wildman–Crippen MR) is 73.9 cm³/mol. The quantitative estimate of drug-likeness (QED) is 0.818. The highest BCUT2D eigenvalue weighted by Gasteiger charge is 2.41. The molecule has 0 bridgehead atoms. The van der Waals surface area contributed by atoms with Gasteiger partial charge in [0, 0.05) is 0 Å². The molecule has 0 saturated heterocycles. The number of halogens is 1. The number of quaternary nitrogens is 1. The molecule has 0 aliphatic heterocycles. The van der Waals surface area contributed by atoms with Crippen molar-refractivity contribution in [2.75, 3.05) is 21.1 Å². The molecule has 18 heavy (non-hydrogen) atoms. The van der Waals surface area contributed by atoms with Gasteiger partial charge in [0.05, 0.1) is 26.6 Å². The van der Waals surface area contributed by atoms with Gasteiger partial charge in [0.1, 0.15) is 5.82 Å². The number of benzene rings is 1. The molecular weight excluding hydrogens is 227 g/mol. The first-order valence-corrected chi connectivity index (χ1v) is 6.36. The SMILES string of the molecule is C[N+](C)(C)[CH]C1(c2ccc(F)cc2)CCCC1.N. The highest BCUT2D eigenvalue weighted by Crippen LogP contribution is 2.44. The van der Waals surface area contributed by atoms with Gasteiger partial charge in [-0.2, -0.15) is 0 Å². The lowest BCUT2D eigenvalue weighted by Crippen LogP contribution is -2.41. The van der Waals surface area contributed by atoms with Crippen LogP contribution in [0.25, 0.3) is 0 Å². The molecule has 0 unspecified atom stereocenters. The summed E-state index contributed by atoms with van der Waals surface area (Å²) in [4.78, 5) is 0. The van der Waals surface area contributed by atoms with Crippen LogP contribution in [-0.2, 0) is 5.41 Å². The third-order valence-corrected chi connectivity index (χ3v) is 3.55. The first-order valence-electron chi connectivity index (χ1n) is 6.36. The third kappa shape index (κ3) is 3.30. The highest BCUT2D eigenvalue weighted by atomic mass is 19.1. The Bertz CT molecular complexity index is 372. The van der Waals surface area contributed by atoms with E-state index < -0.39 is 0 Å². The van der Waals surface area contributed by atoms with Crippen LogP contribution < -0.4 is 6.15 Å². The fourth-order valence-corrected chi connectivity index (χ4v) is 3.02. The number of hydrogen-bond acceptors (Lipinski definition) is 1. The van der Waals surface area contributed by atoms with Gasteiger partial charge in [0.25, 0.3) is 0 Å². The van der Waals surface area contributed by atoms with Crippen molar-refractivity contribution >= 4 is 0 Å². The van der Waals surface area contributed by atoms with Gasteiger partial charge in [-0.1, -0.05) is 25.0 Å². The zero-order chi connectivity index (χ0) is 12.5.